The largest absolute Gasteiger partial charge is 0.480 e. The topological polar surface area (TPSA) is 122 Å². The zero-order valence-corrected chi connectivity index (χ0v) is 12.6. The lowest BCUT2D eigenvalue weighted by Crippen LogP contribution is -2.41. The summed E-state index contributed by atoms with van der Waals surface area (Å²) in [6, 6.07) is -0.112. The molecule has 1 atom stereocenters. The second-order valence-corrected chi connectivity index (χ2v) is 6.80. The van der Waals surface area contributed by atoms with E-state index in [0.717, 1.165) is 6.07 Å². The third kappa shape index (κ3) is 4.32. The number of carboxylic acid groups (broad SMARTS) is 1. The van der Waals surface area contributed by atoms with Crippen molar-refractivity contribution in [2.75, 3.05) is 5.73 Å². The number of sulfonamides is 1. The van der Waals surface area contributed by atoms with Crippen LogP contribution in [-0.4, -0.2) is 30.5 Å². The second-order valence-electron chi connectivity index (χ2n) is 4.68. The molecule has 0 aliphatic rings. The molecule has 4 N–H and O–H groups in total. The lowest BCUT2D eigenvalue weighted by Gasteiger charge is -2.17. The first-order chi connectivity index (χ1) is 9.13. The summed E-state index contributed by atoms with van der Waals surface area (Å²) >= 11 is 5.68. The van der Waals surface area contributed by atoms with E-state index in [1.54, 1.807) is 13.8 Å². The van der Waals surface area contributed by atoms with Crippen molar-refractivity contribution in [2.45, 2.75) is 31.2 Å². The molecule has 1 aromatic rings. The number of hydrogen-bond acceptors (Lipinski definition) is 5. The molecule has 0 saturated carbocycles. The first kappa shape index (κ1) is 16.7. The highest BCUT2D eigenvalue weighted by atomic mass is 35.5. The van der Waals surface area contributed by atoms with Crippen LogP contribution in [0.2, 0.25) is 5.02 Å². The van der Waals surface area contributed by atoms with Crippen LogP contribution in [0, 0.1) is 5.92 Å². The van der Waals surface area contributed by atoms with Gasteiger partial charge < -0.3 is 10.8 Å². The highest BCUT2D eigenvalue weighted by Gasteiger charge is 2.28. The number of nitrogens with two attached hydrogens (primary N) is 1. The Morgan fingerprint density at radius 3 is 2.65 bits per heavy atom. The number of nitrogen functional groups attached to an aromatic ring is 1. The van der Waals surface area contributed by atoms with Crippen molar-refractivity contribution in [3.8, 4) is 0 Å². The minimum absolute atomic E-state index is 0.00799. The number of pyridine rings is 1. The van der Waals surface area contributed by atoms with Gasteiger partial charge in [-0.2, -0.15) is 4.72 Å². The van der Waals surface area contributed by atoms with Gasteiger partial charge in [0.1, 0.15) is 16.8 Å². The van der Waals surface area contributed by atoms with Crippen LogP contribution in [0.15, 0.2) is 17.2 Å². The Morgan fingerprint density at radius 2 is 2.15 bits per heavy atom. The lowest BCUT2D eigenvalue weighted by molar-refractivity contribution is -0.139. The van der Waals surface area contributed by atoms with E-state index in [-0.39, 0.29) is 28.1 Å². The van der Waals surface area contributed by atoms with Crippen LogP contribution in [0.1, 0.15) is 20.3 Å². The normalized spacial score (nSPS) is 13.4. The zero-order chi connectivity index (χ0) is 15.5. The quantitative estimate of drug-likeness (QED) is 0.721. The number of rotatable bonds is 6. The Balaban J connectivity index is 3.09. The molecule has 0 spiro atoms. The van der Waals surface area contributed by atoms with E-state index in [1.165, 1.54) is 6.20 Å². The summed E-state index contributed by atoms with van der Waals surface area (Å²) in [6.07, 6.45) is 1.36. The molecule has 0 amide bonds. The van der Waals surface area contributed by atoms with Crippen LogP contribution in [0.25, 0.3) is 0 Å². The van der Waals surface area contributed by atoms with Crippen LogP contribution in [0.5, 0.6) is 0 Å². The summed E-state index contributed by atoms with van der Waals surface area (Å²) in [5.41, 5.74) is 5.49. The van der Waals surface area contributed by atoms with Gasteiger partial charge in [-0.1, -0.05) is 25.4 Å². The average molecular weight is 322 g/mol. The third-order valence-electron chi connectivity index (χ3n) is 2.44. The predicted molar refractivity (Wildman–Crippen MR) is 74.9 cm³/mol. The fraction of sp³-hybridized carbons (Fsp3) is 0.455. The SMILES string of the molecule is CC(C)C[C@H](NS(=O)(=O)c1cc(Cl)cnc1N)C(=O)O. The number of aromatic nitrogens is 1. The Hall–Kier alpha value is -1.38. The highest BCUT2D eigenvalue weighted by Crippen LogP contribution is 2.21. The van der Waals surface area contributed by atoms with Crippen molar-refractivity contribution in [3.63, 3.8) is 0 Å². The summed E-state index contributed by atoms with van der Waals surface area (Å²) in [6.45, 7) is 3.58. The summed E-state index contributed by atoms with van der Waals surface area (Å²) in [4.78, 5) is 14.4. The van der Waals surface area contributed by atoms with E-state index in [9.17, 15) is 13.2 Å². The maximum atomic E-state index is 12.1. The molecule has 9 heteroatoms. The molecular weight excluding hydrogens is 306 g/mol. The number of aliphatic carboxylic acids is 1. The Kier molecular flexibility index (Phi) is 5.32. The molecule has 0 fully saturated rings. The fourth-order valence-electron chi connectivity index (χ4n) is 1.57. The number of nitrogens with one attached hydrogen (secondary N) is 1. The Labute approximate surface area is 122 Å². The molecule has 0 unspecified atom stereocenters. The van der Waals surface area contributed by atoms with E-state index in [0.29, 0.717) is 0 Å². The number of carbonyl (C=O) groups is 1. The second kappa shape index (κ2) is 6.38. The molecule has 1 heterocycles. The van der Waals surface area contributed by atoms with Gasteiger partial charge in [0.05, 0.1) is 5.02 Å². The molecule has 112 valence electrons. The summed E-state index contributed by atoms with van der Waals surface area (Å²) in [5, 5.41) is 9.15. The van der Waals surface area contributed by atoms with Crippen molar-refractivity contribution in [2.24, 2.45) is 5.92 Å². The van der Waals surface area contributed by atoms with E-state index < -0.39 is 22.0 Å². The Bertz CT molecular complexity index is 604. The molecule has 0 aliphatic carbocycles. The lowest BCUT2D eigenvalue weighted by atomic mass is 10.1. The Morgan fingerprint density at radius 1 is 1.55 bits per heavy atom. The first-order valence-corrected chi connectivity index (χ1v) is 7.65. The molecule has 1 aromatic heterocycles. The highest BCUT2D eigenvalue weighted by molar-refractivity contribution is 7.89. The van der Waals surface area contributed by atoms with Gasteiger partial charge in [-0.25, -0.2) is 13.4 Å². The van der Waals surface area contributed by atoms with Gasteiger partial charge in [0, 0.05) is 6.20 Å². The molecule has 0 bridgehead atoms. The van der Waals surface area contributed by atoms with E-state index in [4.69, 9.17) is 22.4 Å². The van der Waals surface area contributed by atoms with Crippen molar-refractivity contribution >= 4 is 33.4 Å². The fourth-order valence-corrected chi connectivity index (χ4v) is 3.10. The number of nitrogens with zero attached hydrogens (tertiary/aromatic N) is 1. The molecule has 20 heavy (non-hydrogen) atoms. The van der Waals surface area contributed by atoms with Gasteiger partial charge in [0.15, 0.2) is 0 Å². The molecule has 1 rings (SSSR count). The molecule has 0 radical (unpaired) electrons. The van der Waals surface area contributed by atoms with Gasteiger partial charge in [0.2, 0.25) is 10.0 Å². The predicted octanol–water partition coefficient (Wildman–Crippen LogP) is 1.09. The average Bonchev–Trinajstić information content (AvgIpc) is 2.30. The van der Waals surface area contributed by atoms with Crippen molar-refractivity contribution in [3.05, 3.63) is 17.3 Å². The maximum Gasteiger partial charge on any atom is 0.321 e. The number of halogens is 1. The molecule has 0 aliphatic heterocycles. The minimum Gasteiger partial charge on any atom is -0.480 e. The standard InChI is InChI=1S/C11H16ClN3O4S/c1-6(2)3-8(11(16)17)15-20(18,19)9-4-7(12)5-14-10(9)13/h4-6,8,15H,3H2,1-2H3,(H2,13,14)(H,16,17)/t8-/m0/s1. The van der Waals surface area contributed by atoms with E-state index in [1.807, 2.05) is 0 Å². The van der Waals surface area contributed by atoms with Crippen LogP contribution in [0.3, 0.4) is 0 Å². The number of anilines is 1. The van der Waals surface area contributed by atoms with Gasteiger partial charge in [-0.15, -0.1) is 0 Å². The van der Waals surface area contributed by atoms with Gasteiger partial charge in [-0.05, 0) is 18.4 Å². The number of hydrogen-bond donors (Lipinski definition) is 3. The number of carboxylic acids is 1. The van der Waals surface area contributed by atoms with Crippen LogP contribution in [-0.2, 0) is 14.8 Å². The summed E-state index contributed by atoms with van der Waals surface area (Å²) in [5.74, 6) is -1.49. The van der Waals surface area contributed by atoms with E-state index >= 15 is 0 Å². The first-order valence-electron chi connectivity index (χ1n) is 5.79. The monoisotopic (exact) mass is 321 g/mol. The summed E-state index contributed by atoms with van der Waals surface area (Å²) < 4.78 is 26.4. The molecule has 0 aromatic carbocycles. The maximum absolute atomic E-state index is 12.1. The van der Waals surface area contributed by atoms with E-state index in [2.05, 4.69) is 9.71 Å². The van der Waals surface area contributed by atoms with Crippen molar-refractivity contribution in [1.29, 1.82) is 0 Å². The van der Waals surface area contributed by atoms with Crippen LogP contribution in [0.4, 0.5) is 5.82 Å². The molecule has 7 nitrogen and oxygen atoms in total. The van der Waals surface area contributed by atoms with Gasteiger partial charge in [-0.3, -0.25) is 4.79 Å². The minimum atomic E-state index is -4.11. The van der Waals surface area contributed by atoms with Gasteiger partial charge >= 0.3 is 5.97 Å². The molecule has 0 saturated heterocycles. The van der Waals surface area contributed by atoms with Crippen LogP contribution >= 0.6 is 11.6 Å². The third-order valence-corrected chi connectivity index (χ3v) is 4.15. The van der Waals surface area contributed by atoms with Crippen LogP contribution < -0.4 is 10.5 Å². The smallest absolute Gasteiger partial charge is 0.321 e. The molecular formula is C11H16ClN3O4S. The van der Waals surface area contributed by atoms with Crippen molar-refractivity contribution in [1.82, 2.24) is 9.71 Å². The van der Waals surface area contributed by atoms with Crippen molar-refractivity contribution < 1.29 is 18.3 Å². The van der Waals surface area contributed by atoms with Gasteiger partial charge in [0.25, 0.3) is 0 Å². The summed E-state index contributed by atoms with van der Waals surface area (Å²) in [7, 11) is -4.11. The zero-order valence-electron chi connectivity index (χ0n) is 11.0.